The monoisotopic (exact) mass is 307 g/mol. The van der Waals surface area contributed by atoms with Gasteiger partial charge in [0.15, 0.2) is 0 Å². The Morgan fingerprint density at radius 2 is 2.09 bits per heavy atom. The van der Waals surface area contributed by atoms with E-state index in [-0.39, 0.29) is 5.91 Å². The summed E-state index contributed by atoms with van der Waals surface area (Å²) in [7, 11) is 1.93. The number of nitrogens with one attached hydrogen (secondary N) is 2. The number of hydrogen-bond acceptors (Lipinski definition) is 3. The van der Waals surface area contributed by atoms with Gasteiger partial charge < -0.3 is 4.57 Å². The molecule has 0 bridgehead atoms. The van der Waals surface area contributed by atoms with Crippen LogP contribution in [0.5, 0.6) is 0 Å². The fraction of sp³-hybridized carbons (Fsp3) is 0.118. The summed E-state index contributed by atoms with van der Waals surface area (Å²) >= 11 is 0. The van der Waals surface area contributed by atoms with Crippen molar-refractivity contribution in [2.75, 3.05) is 0 Å². The zero-order chi connectivity index (χ0) is 16.2. The number of H-pyrrole nitrogens is 1. The van der Waals surface area contributed by atoms with Crippen molar-refractivity contribution in [3.63, 3.8) is 0 Å². The van der Waals surface area contributed by atoms with Crippen molar-refractivity contribution in [3.05, 3.63) is 65.5 Å². The molecule has 6 nitrogen and oxygen atoms in total. The van der Waals surface area contributed by atoms with Gasteiger partial charge in [-0.25, -0.2) is 5.43 Å². The third kappa shape index (κ3) is 3.37. The first-order chi connectivity index (χ1) is 11.1. The molecule has 2 N–H and O–H groups in total. The van der Waals surface area contributed by atoms with E-state index in [2.05, 4.69) is 20.7 Å². The number of aryl methyl sites for hydroxylation is 2. The number of rotatable bonds is 4. The highest BCUT2D eigenvalue weighted by Gasteiger charge is 2.11. The SMILES string of the molecule is Cc1ccc(/C=N/NC(=O)c2cc(-c3cccn3C)n[nH]2)cc1. The number of aromatic amines is 1. The average molecular weight is 307 g/mol. The third-order valence-electron chi connectivity index (χ3n) is 3.49. The van der Waals surface area contributed by atoms with Gasteiger partial charge in [-0.1, -0.05) is 29.8 Å². The van der Waals surface area contributed by atoms with Crippen LogP contribution in [0.1, 0.15) is 21.6 Å². The molecule has 0 saturated carbocycles. The number of carbonyl (C=O) groups excluding carboxylic acids is 1. The number of benzene rings is 1. The molecule has 3 rings (SSSR count). The summed E-state index contributed by atoms with van der Waals surface area (Å²) in [5.41, 5.74) is 6.60. The summed E-state index contributed by atoms with van der Waals surface area (Å²) < 4.78 is 1.94. The molecule has 0 radical (unpaired) electrons. The summed E-state index contributed by atoms with van der Waals surface area (Å²) in [6.45, 7) is 2.02. The Balaban J connectivity index is 1.66. The second-order valence-electron chi connectivity index (χ2n) is 5.28. The number of hydrazone groups is 1. The lowest BCUT2D eigenvalue weighted by molar-refractivity contribution is 0.0950. The Morgan fingerprint density at radius 3 is 2.78 bits per heavy atom. The van der Waals surface area contributed by atoms with Crippen molar-refractivity contribution in [3.8, 4) is 11.4 Å². The highest BCUT2D eigenvalue weighted by atomic mass is 16.2. The molecule has 0 aliphatic rings. The van der Waals surface area contributed by atoms with Gasteiger partial charge in [0.05, 0.1) is 11.9 Å². The van der Waals surface area contributed by atoms with Crippen molar-refractivity contribution in [2.45, 2.75) is 6.92 Å². The minimum Gasteiger partial charge on any atom is -0.349 e. The Bertz CT molecular complexity index is 842. The van der Waals surface area contributed by atoms with Crippen molar-refractivity contribution in [2.24, 2.45) is 12.1 Å². The predicted molar refractivity (Wildman–Crippen MR) is 89.2 cm³/mol. The first-order valence-corrected chi connectivity index (χ1v) is 7.20. The molecule has 3 aromatic rings. The lowest BCUT2D eigenvalue weighted by Gasteiger charge is -1.97. The van der Waals surface area contributed by atoms with E-state index in [4.69, 9.17) is 0 Å². The van der Waals surface area contributed by atoms with Gasteiger partial charge in [0, 0.05) is 13.2 Å². The average Bonchev–Trinajstić information content (AvgIpc) is 3.17. The van der Waals surface area contributed by atoms with E-state index in [1.807, 2.05) is 61.1 Å². The minimum atomic E-state index is -0.332. The van der Waals surface area contributed by atoms with E-state index in [0.29, 0.717) is 11.4 Å². The summed E-state index contributed by atoms with van der Waals surface area (Å²) in [5, 5.41) is 10.8. The smallest absolute Gasteiger partial charge is 0.289 e. The molecule has 116 valence electrons. The molecular formula is C17H17N5O. The van der Waals surface area contributed by atoms with Crippen LogP contribution in [0, 0.1) is 6.92 Å². The van der Waals surface area contributed by atoms with E-state index in [1.165, 1.54) is 5.56 Å². The van der Waals surface area contributed by atoms with Crippen LogP contribution in [-0.4, -0.2) is 26.9 Å². The molecule has 1 amide bonds. The Labute approximate surface area is 133 Å². The van der Waals surface area contributed by atoms with E-state index < -0.39 is 0 Å². The maximum Gasteiger partial charge on any atom is 0.289 e. The molecule has 2 aromatic heterocycles. The first kappa shape index (κ1) is 14.8. The largest absolute Gasteiger partial charge is 0.349 e. The molecule has 2 heterocycles. The van der Waals surface area contributed by atoms with Crippen LogP contribution in [0.15, 0.2) is 53.8 Å². The van der Waals surface area contributed by atoms with Gasteiger partial charge in [0.1, 0.15) is 11.4 Å². The molecule has 6 heteroatoms. The maximum absolute atomic E-state index is 12.1. The van der Waals surface area contributed by atoms with E-state index >= 15 is 0 Å². The summed E-state index contributed by atoms with van der Waals surface area (Å²) in [6.07, 6.45) is 3.53. The second-order valence-corrected chi connectivity index (χ2v) is 5.28. The Morgan fingerprint density at radius 1 is 1.30 bits per heavy atom. The lowest BCUT2D eigenvalue weighted by atomic mass is 10.2. The molecule has 1 aromatic carbocycles. The summed E-state index contributed by atoms with van der Waals surface area (Å²) in [4.78, 5) is 12.1. The molecule has 0 unspecified atom stereocenters. The zero-order valence-electron chi connectivity index (χ0n) is 12.9. The van der Waals surface area contributed by atoms with Crippen LogP contribution in [0.4, 0.5) is 0 Å². The van der Waals surface area contributed by atoms with Crippen molar-refractivity contribution in [1.29, 1.82) is 0 Å². The van der Waals surface area contributed by atoms with Gasteiger partial charge in [-0.05, 0) is 30.7 Å². The Hall–Kier alpha value is -3.15. The number of amides is 1. The van der Waals surface area contributed by atoms with Gasteiger partial charge in [-0.3, -0.25) is 9.89 Å². The number of carbonyl (C=O) groups is 1. The van der Waals surface area contributed by atoms with Gasteiger partial charge in [0.25, 0.3) is 5.91 Å². The highest BCUT2D eigenvalue weighted by molar-refractivity contribution is 5.94. The summed E-state index contributed by atoms with van der Waals surface area (Å²) in [6, 6.07) is 13.4. The number of hydrogen-bond donors (Lipinski definition) is 2. The molecular weight excluding hydrogens is 290 g/mol. The first-order valence-electron chi connectivity index (χ1n) is 7.20. The van der Waals surface area contributed by atoms with Crippen LogP contribution in [0.2, 0.25) is 0 Å². The van der Waals surface area contributed by atoms with Gasteiger partial charge >= 0.3 is 0 Å². The molecule has 0 spiro atoms. The summed E-state index contributed by atoms with van der Waals surface area (Å²) in [5.74, 6) is -0.332. The van der Waals surface area contributed by atoms with Gasteiger partial charge in [0.2, 0.25) is 0 Å². The van der Waals surface area contributed by atoms with Gasteiger partial charge in [-0.2, -0.15) is 10.2 Å². The standard InChI is InChI=1S/C17H17N5O/c1-12-5-7-13(8-6-12)11-18-21-17(23)15-10-14(19-20-15)16-4-3-9-22(16)2/h3-11H,1-2H3,(H,19,20)(H,21,23)/b18-11+. The minimum absolute atomic E-state index is 0.332. The second kappa shape index (κ2) is 6.31. The quantitative estimate of drug-likeness (QED) is 0.574. The van der Waals surface area contributed by atoms with Crippen molar-refractivity contribution < 1.29 is 4.79 Å². The normalized spacial score (nSPS) is 11.0. The van der Waals surface area contributed by atoms with Crippen LogP contribution < -0.4 is 5.43 Å². The van der Waals surface area contributed by atoms with Crippen LogP contribution >= 0.6 is 0 Å². The molecule has 23 heavy (non-hydrogen) atoms. The topological polar surface area (TPSA) is 75.1 Å². The number of nitrogens with zero attached hydrogens (tertiary/aromatic N) is 3. The molecule has 0 atom stereocenters. The van der Waals surface area contributed by atoms with Crippen LogP contribution in [0.25, 0.3) is 11.4 Å². The Kier molecular flexibility index (Phi) is 4.05. The van der Waals surface area contributed by atoms with E-state index in [9.17, 15) is 4.79 Å². The molecule has 0 saturated heterocycles. The van der Waals surface area contributed by atoms with Crippen LogP contribution in [-0.2, 0) is 7.05 Å². The zero-order valence-corrected chi connectivity index (χ0v) is 12.9. The molecule has 0 fully saturated rings. The number of aromatic nitrogens is 3. The van der Waals surface area contributed by atoms with E-state index in [0.717, 1.165) is 11.3 Å². The predicted octanol–water partition coefficient (Wildman–Crippen LogP) is 2.49. The maximum atomic E-state index is 12.1. The van der Waals surface area contributed by atoms with Gasteiger partial charge in [-0.15, -0.1) is 0 Å². The highest BCUT2D eigenvalue weighted by Crippen LogP contribution is 2.17. The fourth-order valence-corrected chi connectivity index (χ4v) is 2.17. The van der Waals surface area contributed by atoms with Crippen molar-refractivity contribution >= 4 is 12.1 Å². The fourth-order valence-electron chi connectivity index (χ4n) is 2.17. The van der Waals surface area contributed by atoms with E-state index in [1.54, 1.807) is 12.3 Å². The molecule has 0 aliphatic heterocycles. The lowest BCUT2D eigenvalue weighted by Crippen LogP contribution is -2.17. The van der Waals surface area contributed by atoms with Crippen LogP contribution in [0.3, 0.4) is 0 Å². The molecule has 0 aliphatic carbocycles. The third-order valence-corrected chi connectivity index (χ3v) is 3.49. The van der Waals surface area contributed by atoms with Crippen molar-refractivity contribution in [1.82, 2.24) is 20.2 Å².